The smallest absolute Gasteiger partial charge is 0.233 e. The van der Waals surface area contributed by atoms with Crippen molar-refractivity contribution in [3.8, 4) is 0 Å². The summed E-state index contributed by atoms with van der Waals surface area (Å²) in [4.78, 5) is 24.2. The van der Waals surface area contributed by atoms with Crippen molar-refractivity contribution in [1.29, 1.82) is 0 Å². The Bertz CT molecular complexity index is 1390. The van der Waals surface area contributed by atoms with Crippen molar-refractivity contribution in [2.24, 2.45) is 0 Å². The molecule has 0 bridgehead atoms. The first-order valence-electron chi connectivity index (χ1n) is 10.3. The van der Waals surface area contributed by atoms with Crippen LogP contribution in [-0.2, 0) is 27.6 Å². The number of carbonyl (C=O) groups is 1. The van der Waals surface area contributed by atoms with Crippen molar-refractivity contribution >= 4 is 54.0 Å². The molecule has 4 rings (SSSR count). The molecule has 0 N–H and O–H groups in total. The van der Waals surface area contributed by atoms with Crippen molar-refractivity contribution in [3.05, 3.63) is 83.1 Å². The number of para-hydroxylation sites is 1. The summed E-state index contributed by atoms with van der Waals surface area (Å²) in [6.07, 6.45) is 1.78. The quantitative estimate of drug-likeness (QED) is 0.344. The van der Waals surface area contributed by atoms with Gasteiger partial charge < -0.3 is 0 Å². The van der Waals surface area contributed by atoms with Crippen LogP contribution in [0.25, 0.3) is 10.2 Å². The third kappa shape index (κ3) is 5.08. The SMILES string of the molecule is CC(C)S(=O)(=O)c1ccc(CC(=O)N(Cc2ccccn2)c2nc3c(Cl)cccc3s2)cc1. The van der Waals surface area contributed by atoms with Crippen LogP contribution in [0.5, 0.6) is 0 Å². The maximum atomic E-state index is 13.4. The first kappa shape index (κ1) is 23.4. The Morgan fingerprint density at radius 2 is 1.82 bits per heavy atom. The minimum absolute atomic E-state index is 0.0957. The summed E-state index contributed by atoms with van der Waals surface area (Å²) in [5, 5.41) is 0.555. The molecule has 0 aliphatic heterocycles. The van der Waals surface area contributed by atoms with Crippen LogP contribution in [0.2, 0.25) is 5.02 Å². The summed E-state index contributed by atoms with van der Waals surface area (Å²) in [7, 11) is -3.37. The van der Waals surface area contributed by atoms with Gasteiger partial charge in [0.2, 0.25) is 5.91 Å². The molecule has 0 fully saturated rings. The monoisotopic (exact) mass is 499 g/mol. The molecule has 6 nitrogen and oxygen atoms in total. The first-order valence-corrected chi connectivity index (χ1v) is 13.1. The molecule has 0 atom stereocenters. The number of hydrogen-bond acceptors (Lipinski definition) is 6. The van der Waals surface area contributed by atoms with E-state index in [2.05, 4.69) is 9.97 Å². The van der Waals surface area contributed by atoms with Crippen molar-refractivity contribution in [2.45, 2.75) is 37.0 Å². The Hall–Kier alpha value is -2.81. The summed E-state index contributed by atoms with van der Waals surface area (Å²) in [5.74, 6) is -0.171. The van der Waals surface area contributed by atoms with E-state index in [1.807, 2.05) is 30.3 Å². The zero-order valence-corrected chi connectivity index (χ0v) is 20.5. The Morgan fingerprint density at radius 1 is 1.06 bits per heavy atom. The number of benzene rings is 2. The lowest BCUT2D eigenvalue weighted by Gasteiger charge is -2.19. The molecule has 170 valence electrons. The largest absolute Gasteiger partial charge is 0.282 e. The highest BCUT2D eigenvalue weighted by molar-refractivity contribution is 7.92. The molecule has 2 heterocycles. The van der Waals surface area contributed by atoms with Gasteiger partial charge in [-0.2, -0.15) is 0 Å². The van der Waals surface area contributed by atoms with E-state index in [0.29, 0.717) is 21.2 Å². The molecule has 9 heteroatoms. The van der Waals surface area contributed by atoms with Crippen LogP contribution in [0.1, 0.15) is 25.1 Å². The normalized spacial score (nSPS) is 11.8. The fourth-order valence-corrected chi connectivity index (χ4v) is 5.62. The van der Waals surface area contributed by atoms with Crippen molar-refractivity contribution < 1.29 is 13.2 Å². The molecule has 2 aromatic heterocycles. The Balaban J connectivity index is 1.64. The maximum Gasteiger partial charge on any atom is 0.233 e. The number of amides is 1. The van der Waals surface area contributed by atoms with Crippen LogP contribution in [-0.4, -0.2) is 29.5 Å². The molecule has 4 aromatic rings. The van der Waals surface area contributed by atoms with E-state index >= 15 is 0 Å². The third-order valence-corrected chi connectivity index (χ3v) is 8.68. The van der Waals surface area contributed by atoms with Crippen LogP contribution >= 0.6 is 22.9 Å². The van der Waals surface area contributed by atoms with Crippen molar-refractivity contribution in [3.63, 3.8) is 0 Å². The van der Waals surface area contributed by atoms with E-state index < -0.39 is 15.1 Å². The lowest BCUT2D eigenvalue weighted by Crippen LogP contribution is -2.32. The lowest BCUT2D eigenvalue weighted by atomic mass is 10.1. The second-order valence-corrected chi connectivity index (χ2v) is 11.7. The van der Waals surface area contributed by atoms with Crippen molar-refractivity contribution in [2.75, 3.05) is 4.90 Å². The number of halogens is 1. The van der Waals surface area contributed by atoms with Crippen molar-refractivity contribution in [1.82, 2.24) is 9.97 Å². The molecule has 33 heavy (non-hydrogen) atoms. The number of fused-ring (bicyclic) bond motifs is 1. The molecule has 0 radical (unpaired) electrons. The van der Waals surface area contributed by atoms with E-state index in [-0.39, 0.29) is 23.8 Å². The zero-order valence-electron chi connectivity index (χ0n) is 18.1. The summed E-state index contributed by atoms with van der Waals surface area (Å²) in [6, 6.07) is 17.6. The lowest BCUT2D eigenvalue weighted by molar-refractivity contribution is -0.118. The standard InChI is InChI=1S/C24H22ClN3O3S2/c1-16(2)33(30,31)19-11-9-17(10-12-19)14-22(29)28(15-18-6-3-4-13-26-18)24-27-23-20(25)7-5-8-21(23)32-24/h3-13,16H,14-15H2,1-2H3. The first-order chi connectivity index (χ1) is 15.8. The highest BCUT2D eigenvalue weighted by Gasteiger charge is 2.23. The molecular weight excluding hydrogens is 478 g/mol. The van der Waals surface area contributed by atoms with Crippen LogP contribution in [0.3, 0.4) is 0 Å². The van der Waals surface area contributed by atoms with Gasteiger partial charge in [-0.1, -0.05) is 47.2 Å². The number of aromatic nitrogens is 2. The van der Waals surface area contributed by atoms with Crippen LogP contribution < -0.4 is 4.90 Å². The fourth-order valence-electron chi connectivity index (χ4n) is 3.27. The molecule has 1 amide bonds. The van der Waals surface area contributed by atoms with E-state index in [0.717, 1.165) is 10.4 Å². The van der Waals surface area contributed by atoms with E-state index in [1.165, 1.54) is 11.3 Å². The second-order valence-electron chi connectivity index (χ2n) is 7.80. The Morgan fingerprint density at radius 3 is 2.45 bits per heavy atom. The summed E-state index contributed by atoms with van der Waals surface area (Å²) < 4.78 is 25.6. The molecule has 0 aliphatic rings. The van der Waals surface area contributed by atoms with Gasteiger partial charge in [0, 0.05) is 6.20 Å². The van der Waals surface area contributed by atoms with Gasteiger partial charge in [-0.05, 0) is 55.8 Å². The maximum absolute atomic E-state index is 13.4. The number of rotatable bonds is 7. The summed E-state index contributed by atoms with van der Waals surface area (Å²) >= 11 is 7.69. The van der Waals surface area contributed by atoms with Gasteiger partial charge in [-0.25, -0.2) is 13.4 Å². The van der Waals surface area contributed by atoms with Crippen LogP contribution in [0.4, 0.5) is 5.13 Å². The summed E-state index contributed by atoms with van der Waals surface area (Å²) in [6.45, 7) is 3.55. The second kappa shape index (κ2) is 9.59. The number of anilines is 1. The Kier molecular flexibility index (Phi) is 6.78. The van der Waals surface area contributed by atoms with Gasteiger partial charge in [0.25, 0.3) is 0 Å². The topological polar surface area (TPSA) is 80.2 Å². The van der Waals surface area contributed by atoms with Crippen LogP contribution in [0.15, 0.2) is 71.8 Å². The highest BCUT2D eigenvalue weighted by Crippen LogP contribution is 2.33. The zero-order chi connectivity index (χ0) is 23.6. The van der Waals surface area contributed by atoms with Gasteiger partial charge >= 0.3 is 0 Å². The fraction of sp³-hybridized carbons (Fsp3) is 0.208. The average Bonchev–Trinajstić information content (AvgIpc) is 3.24. The third-order valence-electron chi connectivity index (χ3n) is 5.16. The average molecular weight is 500 g/mol. The molecule has 0 spiro atoms. The van der Waals surface area contributed by atoms with Crippen LogP contribution in [0, 0.1) is 0 Å². The molecule has 0 saturated carbocycles. The number of sulfone groups is 1. The van der Waals surface area contributed by atoms with Gasteiger partial charge in [-0.3, -0.25) is 14.7 Å². The number of carbonyl (C=O) groups excluding carboxylic acids is 1. The number of hydrogen-bond donors (Lipinski definition) is 0. The number of pyridine rings is 1. The minimum Gasteiger partial charge on any atom is -0.282 e. The molecule has 2 aromatic carbocycles. The molecule has 0 saturated heterocycles. The molecule has 0 unspecified atom stereocenters. The van der Waals surface area contributed by atoms with Gasteiger partial charge in [0.05, 0.1) is 38.5 Å². The summed E-state index contributed by atoms with van der Waals surface area (Å²) in [5.41, 5.74) is 2.10. The highest BCUT2D eigenvalue weighted by atomic mass is 35.5. The predicted molar refractivity (Wildman–Crippen MR) is 133 cm³/mol. The van der Waals surface area contributed by atoms with Gasteiger partial charge in [-0.15, -0.1) is 0 Å². The predicted octanol–water partition coefficient (Wildman–Crippen LogP) is 5.30. The van der Waals surface area contributed by atoms with Gasteiger partial charge in [0.1, 0.15) is 5.52 Å². The van der Waals surface area contributed by atoms with E-state index in [1.54, 1.807) is 55.3 Å². The van der Waals surface area contributed by atoms with E-state index in [4.69, 9.17) is 11.6 Å². The molecule has 0 aliphatic carbocycles. The molecular formula is C24H22ClN3O3S2. The van der Waals surface area contributed by atoms with E-state index in [9.17, 15) is 13.2 Å². The number of thiazole rings is 1. The number of nitrogens with zero attached hydrogens (tertiary/aromatic N) is 3. The van der Waals surface area contributed by atoms with Gasteiger partial charge in [0.15, 0.2) is 15.0 Å². The minimum atomic E-state index is -3.37. The Labute approximate surface area is 201 Å².